The minimum absolute atomic E-state index is 0.0974. The summed E-state index contributed by atoms with van der Waals surface area (Å²) in [6.45, 7) is 3.10. The fourth-order valence-electron chi connectivity index (χ4n) is 5.24. The van der Waals surface area contributed by atoms with Crippen LogP contribution in [0.5, 0.6) is 5.75 Å². The molecular formula is C29H36ClFN2O2. The molecule has 0 amide bonds. The molecule has 1 aliphatic rings. The highest BCUT2D eigenvalue weighted by Crippen LogP contribution is 2.41. The molecule has 4 rings (SSSR count). The molecule has 1 aliphatic heterocycles. The Morgan fingerprint density at radius 2 is 1.91 bits per heavy atom. The molecule has 2 heterocycles. The number of hydrogen-bond acceptors (Lipinski definition) is 4. The molecule has 1 saturated heterocycles. The number of likely N-dealkylation sites (tertiary alicyclic amines) is 1. The lowest BCUT2D eigenvalue weighted by Gasteiger charge is -2.41. The van der Waals surface area contributed by atoms with Gasteiger partial charge in [0.1, 0.15) is 11.9 Å². The number of unbranched alkanes of at least 4 members (excludes halogenated alkanes) is 1. The molecule has 3 aromatic rings. The summed E-state index contributed by atoms with van der Waals surface area (Å²) in [7, 11) is 1.59. The lowest BCUT2D eigenvalue weighted by molar-refractivity contribution is 0.0298. The fraction of sp³-hybridized carbons (Fsp3) is 0.483. The first-order valence-corrected chi connectivity index (χ1v) is 13.0. The number of aliphatic hydroxyl groups excluding tert-OH is 1. The van der Waals surface area contributed by atoms with Crippen LogP contribution in [0.15, 0.2) is 54.7 Å². The van der Waals surface area contributed by atoms with Crippen LogP contribution in [0.1, 0.15) is 55.8 Å². The van der Waals surface area contributed by atoms with E-state index < -0.39 is 6.17 Å². The van der Waals surface area contributed by atoms with Crippen molar-refractivity contribution < 1.29 is 14.2 Å². The first kappa shape index (κ1) is 25.9. The largest absolute Gasteiger partial charge is 0.497 e. The molecule has 1 N–H and O–H groups in total. The van der Waals surface area contributed by atoms with Gasteiger partial charge in [0, 0.05) is 23.8 Å². The van der Waals surface area contributed by atoms with E-state index in [-0.39, 0.29) is 12.0 Å². The van der Waals surface area contributed by atoms with Crippen molar-refractivity contribution in [3.8, 4) is 5.75 Å². The van der Waals surface area contributed by atoms with E-state index in [4.69, 9.17) is 16.3 Å². The third-order valence-corrected chi connectivity index (χ3v) is 7.90. The number of alkyl halides is 1. The van der Waals surface area contributed by atoms with Crippen LogP contribution in [0.2, 0.25) is 5.02 Å². The van der Waals surface area contributed by atoms with Gasteiger partial charge in [-0.1, -0.05) is 41.9 Å². The van der Waals surface area contributed by atoms with Crippen molar-refractivity contribution in [3.05, 3.63) is 70.9 Å². The van der Waals surface area contributed by atoms with Crippen molar-refractivity contribution >= 4 is 22.5 Å². The van der Waals surface area contributed by atoms with Crippen LogP contribution >= 0.6 is 11.6 Å². The van der Waals surface area contributed by atoms with Crippen LogP contribution in [0.3, 0.4) is 0 Å². The smallest absolute Gasteiger partial charge is 0.127 e. The number of pyridine rings is 1. The Morgan fingerprint density at radius 3 is 2.63 bits per heavy atom. The van der Waals surface area contributed by atoms with Gasteiger partial charge in [-0.3, -0.25) is 4.98 Å². The predicted octanol–water partition coefficient (Wildman–Crippen LogP) is 6.79. The third kappa shape index (κ3) is 6.52. The van der Waals surface area contributed by atoms with E-state index in [1.54, 1.807) is 13.2 Å². The molecule has 1 fully saturated rings. The number of nitrogens with zero attached hydrogens (tertiary/aromatic N) is 2. The molecule has 0 radical (unpaired) electrons. The number of halogens is 2. The highest BCUT2D eigenvalue weighted by atomic mass is 35.5. The van der Waals surface area contributed by atoms with Gasteiger partial charge in [0.25, 0.3) is 0 Å². The van der Waals surface area contributed by atoms with Crippen molar-refractivity contribution in [3.63, 3.8) is 0 Å². The monoisotopic (exact) mass is 498 g/mol. The second kappa shape index (κ2) is 12.2. The average molecular weight is 499 g/mol. The normalized spacial score (nSPS) is 16.9. The van der Waals surface area contributed by atoms with E-state index in [1.165, 1.54) is 24.6 Å². The maximum absolute atomic E-state index is 15.6. The van der Waals surface area contributed by atoms with Gasteiger partial charge >= 0.3 is 0 Å². The average Bonchev–Trinajstić information content (AvgIpc) is 2.90. The van der Waals surface area contributed by atoms with E-state index in [2.05, 4.69) is 40.2 Å². The third-order valence-electron chi connectivity index (χ3n) is 7.59. The van der Waals surface area contributed by atoms with E-state index in [1.807, 2.05) is 12.1 Å². The molecule has 188 valence electrons. The molecule has 0 saturated carbocycles. The van der Waals surface area contributed by atoms with Gasteiger partial charge in [-0.05, 0) is 93.8 Å². The van der Waals surface area contributed by atoms with E-state index in [9.17, 15) is 5.11 Å². The second-order valence-electron chi connectivity index (χ2n) is 9.85. The topological polar surface area (TPSA) is 45.6 Å². The highest BCUT2D eigenvalue weighted by Gasteiger charge is 2.35. The highest BCUT2D eigenvalue weighted by molar-refractivity contribution is 6.32. The number of aliphatic hydroxyl groups is 1. The maximum Gasteiger partial charge on any atom is 0.127 e. The Hall–Kier alpha value is -2.21. The van der Waals surface area contributed by atoms with Gasteiger partial charge in [0.15, 0.2) is 0 Å². The number of methoxy groups -OCH3 is 1. The zero-order valence-electron chi connectivity index (χ0n) is 20.6. The fourth-order valence-corrected chi connectivity index (χ4v) is 5.51. The van der Waals surface area contributed by atoms with Gasteiger partial charge in [0.05, 0.1) is 17.6 Å². The van der Waals surface area contributed by atoms with Gasteiger partial charge < -0.3 is 14.7 Å². The Kier molecular flexibility index (Phi) is 8.99. The number of aromatic nitrogens is 1. The van der Waals surface area contributed by atoms with Crippen molar-refractivity contribution in [2.75, 3.05) is 33.4 Å². The zero-order valence-corrected chi connectivity index (χ0v) is 21.3. The van der Waals surface area contributed by atoms with Crippen molar-refractivity contribution in [1.29, 1.82) is 0 Å². The Bertz CT molecular complexity index is 1090. The molecule has 2 aromatic carbocycles. The van der Waals surface area contributed by atoms with Crippen molar-refractivity contribution in [1.82, 2.24) is 9.88 Å². The number of hydrogen-bond donors (Lipinski definition) is 1. The summed E-state index contributed by atoms with van der Waals surface area (Å²) in [5.74, 6) is 0.651. The Labute approximate surface area is 213 Å². The standard InChI is InChI=1S/C29H36ClFN2O2/c1-35-23-10-11-27-24(19-23)28(25(30)20-32-27)26(31)12-13-29(21-34)14-17-33(18-15-29)16-6-5-9-22-7-3-2-4-8-22/h2-4,7-8,10-11,19-20,26,34H,5-6,9,12-18,21H2,1H3/t26-/m1/s1. The van der Waals surface area contributed by atoms with E-state index >= 15 is 4.39 Å². The van der Waals surface area contributed by atoms with Crippen LogP contribution in [0.4, 0.5) is 4.39 Å². The van der Waals surface area contributed by atoms with Gasteiger partial charge in [-0.15, -0.1) is 0 Å². The number of ether oxygens (including phenoxy) is 1. The van der Waals surface area contributed by atoms with Crippen LogP contribution in [0, 0.1) is 5.41 Å². The molecule has 0 spiro atoms. The van der Waals surface area contributed by atoms with Crippen molar-refractivity contribution in [2.24, 2.45) is 5.41 Å². The Morgan fingerprint density at radius 1 is 1.14 bits per heavy atom. The molecular weight excluding hydrogens is 463 g/mol. The summed E-state index contributed by atoms with van der Waals surface area (Å²) in [5.41, 5.74) is 2.34. The zero-order chi connectivity index (χ0) is 24.7. The SMILES string of the molecule is COc1ccc2ncc(Cl)c([C@H](F)CCC3(CO)CCN(CCCCc4ccccc4)CC3)c2c1. The first-order chi connectivity index (χ1) is 17.0. The number of benzene rings is 2. The number of fused-ring (bicyclic) bond motifs is 1. The number of rotatable bonds is 11. The van der Waals surface area contributed by atoms with E-state index in [0.29, 0.717) is 40.1 Å². The second-order valence-corrected chi connectivity index (χ2v) is 10.3. The first-order valence-electron chi connectivity index (χ1n) is 12.7. The molecule has 0 aliphatic carbocycles. The van der Waals surface area contributed by atoms with Crippen LogP contribution in [-0.4, -0.2) is 48.3 Å². The summed E-state index contributed by atoms with van der Waals surface area (Å²) in [5, 5.41) is 11.3. The summed E-state index contributed by atoms with van der Waals surface area (Å²) < 4.78 is 20.9. The van der Waals surface area contributed by atoms with Gasteiger partial charge in [-0.2, -0.15) is 0 Å². The number of piperidine rings is 1. The molecule has 6 heteroatoms. The minimum Gasteiger partial charge on any atom is -0.497 e. The number of aryl methyl sites for hydroxylation is 1. The van der Waals surface area contributed by atoms with Crippen LogP contribution in [-0.2, 0) is 6.42 Å². The van der Waals surface area contributed by atoms with Crippen LogP contribution < -0.4 is 4.74 Å². The van der Waals surface area contributed by atoms with Crippen molar-refractivity contribution in [2.45, 2.75) is 51.1 Å². The summed E-state index contributed by atoms with van der Waals surface area (Å²) in [4.78, 5) is 6.83. The molecule has 0 unspecified atom stereocenters. The summed E-state index contributed by atoms with van der Waals surface area (Å²) >= 11 is 6.40. The Balaban J connectivity index is 1.30. The lowest BCUT2D eigenvalue weighted by atomic mass is 9.74. The maximum atomic E-state index is 15.6. The molecule has 4 nitrogen and oxygen atoms in total. The minimum atomic E-state index is -1.22. The molecule has 1 atom stereocenters. The quantitative estimate of drug-likeness (QED) is 0.296. The summed E-state index contributed by atoms with van der Waals surface area (Å²) in [6.07, 6.45) is 6.53. The van der Waals surface area contributed by atoms with Gasteiger partial charge in [-0.25, -0.2) is 4.39 Å². The van der Waals surface area contributed by atoms with Crippen LogP contribution in [0.25, 0.3) is 10.9 Å². The summed E-state index contributed by atoms with van der Waals surface area (Å²) in [6, 6.07) is 16.1. The molecule has 0 bridgehead atoms. The molecule has 1 aromatic heterocycles. The van der Waals surface area contributed by atoms with E-state index in [0.717, 1.165) is 38.9 Å². The predicted molar refractivity (Wildman–Crippen MR) is 141 cm³/mol. The lowest BCUT2D eigenvalue weighted by Crippen LogP contribution is -2.42. The molecule has 35 heavy (non-hydrogen) atoms. The van der Waals surface area contributed by atoms with Gasteiger partial charge in [0.2, 0.25) is 0 Å².